The van der Waals surface area contributed by atoms with Gasteiger partial charge in [-0.2, -0.15) is 0 Å². The van der Waals surface area contributed by atoms with Gasteiger partial charge in [-0.3, -0.25) is 4.99 Å². The molecule has 12 heavy (non-hydrogen) atoms. The standard InChI is InChI=1S/C10H11NO/c1-4-8-6-5-7(2)10(12)9(8)11-3/h4-6,12H,1,3H2,2H3. The number of nitrogens with zero attached hydrogens (tertiary/aromatic N) is 1. The second-order valence-electron chi connectivity index (χ2n) is 2.53. The summed E-state index contributed by atoms with van der Waals surface area (Å²) in [4.78, 5) is 3.73. The molecule has 0 aliphatic heterocycles. The topological polar surface area (TPSA) is 32.6 Å². The maximum absolute atomic E-state index is 9.53. The Morgan fingerprint density at radius 1 is 1.50 bits per heavy atom. The average molecular weight is 161 g/mol. The number of hydrogen-bond donors (Lipinski definition) is 1. The van der Waals surface area contributed by atoms with Crippen molar-refractivity contribution in [3.8, 4) is 5.75 Å². The van der Waals surface area contributed by atoms with E-state index in [9.17, 15) is 5.11 Å². The van der Waals surface area contributed by atoms with Gasteiger partial charge in [0.15, 0.2) is 0 Å². The number of benzene rings is 1. The van der Waals surface area contributed by atoms with E-state index in [0.717, 1.165) is 11.1 Å². The first-order chi connectivity index (χ1) is 5.70. The molecule has 0 atom stereocenters. The lowest BCUT2D eigenvalue weighted by atomic mass is 10.1. The van der Waals surface area contributed by atoms with E-state index in [-0.39, 0.29) is 5.75 Å². The second kappa shape index (κ2) is 3.22. The monoisotopic (exact) mass is 161 g/mol. The van der Waals surface area contributed by atoms with E-state index >= 15 is 0 Å². The summed E-state index contributed by atoms with van der Waals surface area (Å²) in [6.07, 6.45) is 1.64. The van der Waals surface area contributed by atoms with Gasteiger partial charge >= 0.3 is 0 Å². The summed E-state index contributed by atoms with van der Waals surface area (Å²) in [5.41, 5.74) is 2.10. The van der Waals surface area contributed by atoms with Gasteiger partial charge in [-0.1, -0.05) is 24.8 Å². The lowest BCUT2D eigenvalue weighted by Crippen LogP contribution is -1.79. The predicted molar refractivity (Wildman–Crippen MR) is 52.1 cm³/mol. The van der Waals surface area contributed by atoms with Crippen LogP contribution in [0, 0.1) is 6.92 Å². The molecule has 0 heterocycles. The van der Waals surface area contributed by atoms with Gasteiger partial charge in [0, 0.05) is 5.56 Å². The van der Waals surface area contributed by atoms with Crippen LogP contribution in [0.25, 0.3) is 6.08 Å². The number of aryl methyl sites for hydroxylation is 1. The first-order valence-corrected chi connectivity index (χ1v) is 3.62. The Morgan fingerprint density at radius 3 is 2.67 bits per heavy atom. The molecule has 0 radical (unpaired) electrons. The Hall–Kier alpha value is -1.57. The SMILES string of the molecule is C=Cc1ccc(C)c(O)c1N=C. The normalized spacial score (nSPS) is 9.42. The fourth-order valence-electron chi connectivity index (χ4n) is 1.03. The van der Waals surface area contributed by atoms with E-state index in [1.165, 1.54) is 0 Å². The maximum atomic E-state index is 9.53. The molecule has 0 saturated carbocycles. The molecule has 0 spiro atoms. The molecule has 0 saturated heterocycles. The van der Waals surface area contributed by atoms with Gasteiger partial charge in [-0.15, -0.1) is 0 Å². The largest absolute Gasteiger partial charge is 0.505 e. The summed E-state index contributed by atoms with van der Waals surface area (Å²) in [5.74, 6) is 0.183. The molecule has 2 nitrogen and oxygen atoms in total. The first kappa shape index (κ1) is 8.53. The highest BCUT2D eigenvalue weighted by Gasteiger charge is 2.05. The van der Waals surface area contributed by atoms with Crippen LogP contribution < -0.4 is 0 Å². The van der Waals surface area contributed by atoms with Crippen molar-refractivity contribution in [2.24, 2.45) is 4.99 Å². The van der Waals surface area contributed by atoms with E-state index in [0.29, 0.717) is 5.69 Å². The summed E-state index contributed by atoms with van der Waals surface area (Å²) >= 11 is 0. The molecule has 0 aromatic heterocycles. The smallest absolute Gasteiger partial charge is 0.144 e. The predicted octanol–water partition coefficient (Wildman–Crippen LogP) is 2.68. The molecule has 1 N–H and O–H groups in total. The number of phenolic OH excluding ortho intramolecular Hbond substituents is 1. The third-order valence-electron chi connectivity index (χ3n) is 1.76. The lowest BCUT2D eigenvalue weighted by molar-refractivity contribution is 0.472. The molecule has 0 aliphatic rings. The van der Waals surface area contributed by atoms with Gasteiger partial charge < -0.3 is 5.11 Å². The summed E-state index contributed by atoms with van der Waals surface area (Å²) in [5, 5.41) is 9.53. The van der Waals surface area contributed by atoms with Crippen molar-refractivity contribution in [3.05, 3.63) is 29.8 Å². The van der Waals surface area contributed by atoms with Crippen molar-refractivity contribution in [2.45, 2.75) is 6.92 Å². The molecule has 0 amide bonds. The number of hydrogen-bond acceptors (Lipinski definition) is 2. The third-order valence-corrected chi connectivity index (χ3v) is 1.76. The first-order valence-electron chi connectivity index (χ1n) is 3.62. The molecule has 0 aliphatic carbocycles. The van der Waals surface area contributed by atoms with Crippen molar-refractivity contribution < 1.29 is 5.11 Å². The van der Waals surface area contributed by atoms with Crippen LogP contribution in [-0.2, 0) is 0 Å². The van der Waals surface area contributed by atoms with Crippen LogP contribution in [0.4, 0.5) is 5.69 Å². The van der Waals surface area contributed by atoms with Crippen LogP contribution in [-0.4, -0.2) is 11.8 Å². The van der Waals surface area contributed by atoms with Crippen LogP contribution in [0.5, 0.6) is 5.75 Å². The molecule has 1 rings (SSSR count). The molecule has 1 aromatic rings. The zero-order chi connectivity index (χ0) is 9.14. The van der Waals surface area contributed by atoms with Crippen LogP contribution >= 0.6 is 0 Å². The highest BCUT2D eigenvalue weighted by Crippen LogP contribution is 2.33. The van der Waals surface area contributed by atoms with Gasteiger partial charge in [0.2, 0.25) is 0 Å². The number of phenols is 1. The van der Waals surface area contributed by atoms with Crippen LogP contribution in [0.2, 0.25) is 0 Å². The van der Waals surface area contributed by atoms with Crippen molar-refractivity contribution in [3.63, 3.8) is 0 Å². The third kappa shape index (κ3) is 1.23. The second-order valence-corrected chi connectivity index (χ2v) is 2.53. The lowest BCUT2D eigenvalue weighted by Gasteiger charge is -2.05. The van der Waals surface area contributed by atoms with Crippen molar-refractivity contribution in [2.75, 3.05) is 0 Å². The van der Waals surface area contributed by atoms with Crippen molar-refractivity contribution >= 4 is 18.5 Å². The molecular formula is C10H11NO. The Bertz CT molecular complexity index is 329. The van der Waals surface area contributed by atoms with Gasteiger partial charge in [0.25, 0.3) is 0 Å². The van der Waals surface area contributed by atoms with E-state index in [4.69, 9.17) is 0 Å². The molecule has 1 aromatic carbocycles. The minimum atomic E-state index is 0.183. The van der Waals surface area contributed by atoms with Crippen molar-refractivity contribution in [1.82, 2.24) is 0 Å². The Balaban J connectivity index is 3.45. The average Bonchev–Trinajstić information content (AvgIpc) is 2.09. The highest BCUT2D eigenvalue weighted by atomic mass is 16.3. The zero-order valence-electron chi connectivity index (χ0n) is 7.04. The zero-order valence-corrected chi connectivity index (χ0v) is 7.04. The number of rotatable bonds is 2. The summed E-state index contributed by atoms with van der Waals surface area (Å²) in [7, 11) is 0. The summed E-state index contributed by atoms with van der Waals surface area (Å²) in [6.45, 7) is 8.81. The van der Waals surface area contributed by atoms with Gasteiger partial charge in [-0.05, 0) is 19.2 Å². The molecule has 0 fully saturated rings. The van der Waals surface area contributed by atoms with E-state index in [1.807, 2.05) is 19.1 Å². The van der Waals surface area contributed by atoms with Gasteiger partial charge in [-0.25, -0.2) is 0 Å². The summed E-state index contributed by atoms with van der Waals surface area (Å²) in [6, 6.07) is 3.67. The fourth-order valence-corrected chi connectivity index (χ4v) is 1.03. The van der Waals surface area contributed by atoms with Gasteiger partial charge in [0.1, 0.15) is 11.4 Å². The number of aromatic hydroxyl groups is 1. The minimum absolute atomic E-state index is 0.183. The quantitative estimate of drug-likeness (QED) is 0.664. The molecular weight excluding hydrogens is 150 g/mol. The van der Waals surface area contributed by atoms with E-state index in [1.54, 1.807) is 6.08 Å². The molecule has 0 unspecified atom stereocenters. The van der Waals surface area contributed by atoms with Crippen LogP contribution in [0.1, 0.15) is 11.1 Å². The van der Waals surface area contributed by atoms with Gasteiger partial charge in [0.05, 0.1) is 0 Å². The van der Waals surface area contributed by atoms with Crippen LogP contribution in [0.3, 0.4) is 0 Å². The fraction of sp³-hybridized carbons (Fsp3) is 0.100. The molecule has 0 bridgehead atoms. The maximum Gasteiger partial charge on any atom is 0.144 e. The van der Waals surface area contributed by atoms with Crippen molar-refractivity contribution in [1.29, 1.82) is 0 Å². The Kier molecular flexibility index (Phi) is 2.29. The number of aliphatic imine (C=N–C) groups is 1. The molecule has 62 valence electrons. The van der Waals surface area contributed by atoms with E-state index < -0.39 is 0 Å². The van der Waals surface area contributed by atoms with E-state index in [2.05, 4.69) is 18.3 Å². The Labute approximate surface area is 71.9 Å². The highest BCUT2D eigenvalue weighted by molar-refractivity contribution is 5.72. The van der Waals surface area contributed by atoms with Crippen LogP contribution in [0.15, 0.2) is 23.7 Å². The summed E-state index contributed by atoms with van der Waals surface area (Å²) < 4.78 is 0. The Morgan fingerprint density at radius 2 is 2.17 bits per heavy atom. The minimum Gasteiger partial charge on any atom is -0.505 e. The molecule has 2 heteroatoms.